The number of fused-ring (bicyclic) bond motifs is 1. The highest BCUT2D eigenvalue weighted by molar-refractivity contribution is 7.07. The SMILES string of the molecule is CCOC(=O)C1=C(C)N=c2s/c(=C/c3cccc([N+](=O)[O-])c3)c(=O)n2[C@@H]1c1cccc(OC)c1OCC. The highest BCUT2D eigenvalue weighted by atomic mass is 32.1. The number of hydrogen-bond acceptors (Lipinski definition) is 9. The predicted molar refractivity (Wildman–Crippen MR) is 138 cm³/mol. The molecule has 2 heterocycles. The first-order valence-electron chi connectivity index (χ1n) is 11.5. The summed E-state index contributed by atoms with van der Waals surface area (Å²) in [5, 5.41) is 11.2. The first-order chi connectivity index (χ1) is 17.8. The summed E-state index contributed by atoms with van der Waals surface area (Å²) < 4.78 is 18.5. The summed E-state index contributed by atoms with van der Waals surface area (Å²) in [5.74, 6) is 0.269. The molecule has 4 rings (SSSR count). The van der Waals surface area contributed by atoms with Gasteiger partial charge in [0, 0.05) is 17.7 Å². The molecule has 0 bridgehead atoms. The van der Waals surface area contributed by atoms with Crippen molar-refractivity contribution >= 4 is 29.1 Å². The van der Waals surface area contributed by atoms with Crippen molar-refractivity contribution in [3.8, 4) is 11.5 Å². The molecule has 0 amide bonds. The van der Waals surface area contributed by atoms with Crippen LogP contribution in [-0.2, 0) is 9.53 Å². The number of nitro groups is 1. The van der Waals surface area contributed by atoms with E-state index >= 15 is 0 Å². The van der Waals surface area contributed by atoms with Gasteiger partial charge in [0.15, 0.2) is 16.3 Å². The van der Waals surface area contributed by atoms with Crippen molar-refractivity contribution in [2.45, 2.75) is 26.8 Å². The molecule has 0 saturated heterocycles. The van der Waals surface area contributed by atoms with Gasteiger partial charge in [-0.05, 0) is 38.5 Å². The number of methoxy groups -OCH3 is 1. The van der Waals surface area contributed by atoms with Crippen LogP contribution in [0.25, 0.3) is 6.08 Å². The van der Waals surface area contributed by atoms with E-state index in [-0.39, 0.29) is 17.9 Å². The molecule has 0 aliphatic carbocycles. The maximum Gasteiger partial charge on any atom is 0.338 e. The Hall–Kier alpha value is -4.25. The van der Waals surface area contributed by atoms with Gasteiger partial charge >= 0.3 is 5.97 Å². The fraction of sp³-hybridized carbons (Fsp3) is 0.269. The Labute approximate surface area is 215 Å². The van der Waals surface area contributed by atoms with Crippen LogP contribution in [0.15, 0.2) is 63.5 Å². The average molecular weight is 524 g/mol. The molecule has 10 nitrogen and oxygen atoms in total. The molecular formula is C26H25N3O7S. The highest BCUT2D eigenvalue weighted by Crippen LogP contribution is 2.40. The predicted octanol–water partition coefficient (Wildman–Crippen LogP) is 3.11. The summed E-state index contributed by atoms with van der Waals surface area (Å²) >= 11 is 1.13. The third-order valence-electron chi connectivity index (χ3n) is 5.71. The van der Waals surface area contributed by atoms with E-state index in [1.165, 1.54) is 23.8 Å². The lowest BCUT2D eigenvalue weighted by Gasteiger charge is -2.26. The van der Waals surface area contributed by atoms with Crippen molar-refractivity contribution in [2.75, 3.05) is 20.3 Å². The number of thiazole rings is 1. The second kappa shape index (κ2) is 10.8. The highest BCUT2D eigenvalue weighted by Gasteiger charge is 2.36. The minimum atomic E-state index is -0.890. The number of benzene rings is 2. The fourth-order valence-electron chi connectivity index (χ4n) is 4.17. The fourth-order valence-corrected chi connectivity index (χ4v) is 5.22. The van der Waals surface area contributed by atoms with Crippen molar-refractivity contribution in [3.05, 3.63) is 94.7 Å². The van der Waals surface area contributed by atoms with Gasteiger partial charge < -0.3 is 14.2 Å². The van der Waals surface area contributed by atoms with Crippen molar-refractivity contribution in [1.29, 1.82) is 0 Å². The van der Waals surface area contributed by atoms with Gasteiger partial charge in [0.25, 0.3) is 11.2 Å². The average Bonchev–Trinajstić information content (AvgIpc) is 3.18. The van der Waals surface area contributed by atoms with E-state index in [0.29, 0.717) is 44.3 Å². The van der Waals surface area contributed by atoms with Gasteiger partial charge in [-0.15, -0.1) is 0 Å². The monoisotopic (exact) mass is 523 g/mol. The van der Waals surface area contributed by atoms with Gasteiger partial charge in [-0.1, -0.05) is 35.6 Å². The zero-order chi connectivity index (χ0) is 26.7. The van der Waals surface area contributed by atoms with Crippen LogP contribution >= 0.6 is 11.3 Å². The van der Waals surface area contributed by atoms with Crippen LogP contribution in [0.2, 0.25) is 0 Å². The van der Waals surface area contributed by atoms with Gasteiger partial charge in [0.2, 0.25) is 0 Å². The quantitative estimate of drug-likeness (QED) is 0.253. The van der Waals surface area contributed by atoms with Crippen LogP contribution < -0.4 is 24.4 Å². The lowest BCUT2D eigenvalue weighted by atomic mass is 9.94. The van der Waals surface area contributed by atoms with Crippen LogP contribution in [0.1, 0.15) is 37.9 Å². The molecular weight excluding hydrogens is 498 g/mol. The van der Waals surface area contributed by atoms with Crippen molar-refractivity contribution < 1.29 is 23.9 Å². The van der Waals surface area contributed by atoms with E-state index in [4.69, 9.17) is 14.2 Å². The number of ether oxygens (including phenoxy) is 3. The molecule has 0 spiro atoms. The molecule has 1 aliphatic heterocycles. The number of rotatable bonds is 8. The van der Waals surface area contributed by atoms with Crippen LogP contribution in [0.4, 0.5) is 5.69 Å². The summed E-state index contributed by atoms with van der Waals surface area (Å²) in [6.45, 7) is 5.70. The lowest BCUT2D eigenvalue weighted by molar-refractivity contribution is -0.384. The van der Waals surface area contributed by atoms with E-state index in [1.54, 1.807) is 50.3 Å². The maximum absolute atomic E-state index is 13.8. The van der Waals surface area contributed by atoms with Gasteiger partial charge in [-0.25, -0.2) is 9.79 Å². The molecule has 37 heavy (non-hydrogen) atoms. The largest absolute Gasteiger partial charge is 0.493 e. The number of aromatic nitrogens is 1. The van der Waals surface area contributed by atoms with Gasteiger partial charge in [-0.2, -0.15) is 0 Å². The minimum absolute atomic E-state index is 0.0856. The van der Waals surface area contributed by atoms with E-state index in [1.807, 2.05) is 6.92 Å². The van der Waals surface area contributed by atoms with Crippen LogP contribution in [0.5, 0.6) is 11.5 Å². The van der Waals surface area contributed by atoms with Crippen LogP contribution in [0.3, 0.4) is 0 Å². The standard InChI is InChI=1S/C26H25N3O7S/c1-5-35-23-18(11-8-12-19(23)34-4)22-21(25(31)36-6-2)15(3)27-26-28(22)24(30)20(37-26)14-16-9-7-10-17(13-16)29(32)33/h7-14,22H,5-6H2,1-4H3/b20-14+/t22-/m1/s1. The summed E-state index contributed by atoms with van der Waals surface area (Å²) in [4.78, 5) is 42.6. The molecule has 2 aromatic carbocycles. The molecule has 0 unspecified atom stereocenters. The number of nitrogens with zero attached hydrogens (tertiary/aromatic N) is 3. The Morgan fingerprint density at radius 2 is 1.97 bits per heavy atom. The zero-order valence-corrected chi connectivity index (χ0v) is 21.5. The minimum Gasteiger partial charge on any atom is -0.493 e. The molecule has 0 fully saturated rings. The number of carbonyl (C=O) groups is 1. The lowest BCUT2D eigenvalue weighted by Crippen LogP contribution is -2.40. The topological polar surface area (TPSA) is 122 Å². The van der Waals surface area contributed by atoms with E-state index in [2.05, 4.69) is 4.99 Å². The number of non-ortho nitro benzene ring substituents is 1. The molecule has 192 valence electrons. The third-order valence-corrected chi connectivity index (χ3v) is 6.69. The Balaban J connectivity index is 2.01. The number of hydrogen-bond donors (Lipinski definition) is 0. The van der Waals surface area contributed by atoms with E-state index in [0.717, 1.165) is 11.3 Å². The second-order valence-corrected chi connectivity index (χ2v) is 8.98. The number of allylic oxidation sites excluding steroid dienone is 1. The zero-order valence-electron chi connectivity index (χ0n) is 20.7. The normalized spacial score (nSPS) is 15.1. The molecule has 11 heteroatoms. The number of carbonyl (C=O) groups excluding carboxylic acids is 1. The van der Waals surface area contributed by atoms with Crippen LogP contribution in [-0.4, -0.2) is 35.8 Å². The van der Waals surface area contributed by atoms with Crippen molar-refractivity contribution in [2.24, 2.45) is 4.99 Å². The van der Waals surface area contributed by atoms with Gasteiger partial charge in [0.1, 0.15) is 6.04 Å². The second-order valence-electron chi connectivity index (χ2n) is 7.97. The molecule has 1 aliphatic rings. The molecule has 1 aromatic heterocycles. The summed E-state index contributed by atoms with van der Waals surface area (Å²) in [6.07, 6.45) is 1.58. The Morgan fingerprint density at radius 1 is 1.22 bits per heavy atom. The maximum atomic E-state index is 13.8. The number of para-hydroxylation sites is 1. The first-order valence-corrected chi connectivity index (χ1v) is 12.4. The van der Waals surface area contributed by atoms with E-state index < -0.39 is 22.5 Å². The number of esters is 1. The summed E-state index contributed by atoms with van der Waals surface area (Å²) in [6, 6.07) is 10.4. The molecule has 0 saturated carbocycles. The Morgan fingerprint density at radius 3 is 2.65 bits per heavy atom. The van der Waals surface area contributed by atoms with E-state index in [9.17, 15) is 19.7 Å². The summed E-state index contributed by atoms with van der Waals surface area (Å²) in [5.41, 5.74) is 1.18. The van der Waals surface area contributed by atoms with Crippen LogP contribution in [0, 0.1) is 10.1 Å². The van der Waals surface area contributed by atoms with Gasteiger partial charge in [0.05, 0.1) is 41.0 Å². The molecule has 3 aromatic rings. The molecule has 1 atom stereocenters. The van der Waals surface area contributed by atoms with Crippen molar-refractivity contribution in [1.82, 2.24) is 4.57 Å². The third kappa shape index (κ3) is 4.90. The molecule has 0 N–H and O–H groups in total. The first kappa shape index (κ1) is 25.8. The number of nitro benzene ring substituents is 1. The Kier molecular flexibility index (Phi) is 7.53. The molecule has 0 radical (unpaired) electrons. The Bertz CT molecular complexity index is 1590. The van der Waals surface area contributed by atoms with Gasteiger partial charge in [-0.3, -0.25) is 19.5 Å². The smallest absolute Gasteiger partial charge is 0.338 e. The summed E-state index contributed by atoms with van der Waals surface area (Å²) in [7, 11) is 1.51. The van der Waals surface area contributed by atoms with Crippen molar-refractivity contribution in [3.63, 3.8) is 0 Å².